The van der Waals surface area contributed by atoms with Crippen LogP contribution in [0.3, 0.4) is 0 Å². The van der Waals surface area contributed by atoms with Gasteiger partial charge in [-0.05, 0) is 36.5 Å². The third kappa shape index (κ3) is 1.68. The maximum atomic E-state index is 2.51. The number of rotatable bonds is 1. The first kappa shape index (κ1) is 9.30. The lowest BCUT2D eigenvalue weighted by molar-refractivity contribution is 0.145. The Labute approximate surface area is 82.4 Å². The van der Waals surface area contributed by atoms with Gasteiger partial charge in [0.2, 0.25) is 0 Å². The highest BCUT2D eigenvalue weighted by Gasteiger charge is 2.34. The standard InChI is InChI=1S/C13H22/c1-3-12-10(2)8-9-11-6-4-5-7-13(11)12/h8-13H,3-7H2,1-2H3. The van der Waals surface area contributed by atoms with E-state index in [4.69, 9.17) is 0 Å². The summed E-state index contributed by atoms with van der Waals surface area (Å²) in [5.41, 5.74) is 0. The quantitative estimate of drug-likeness (QED) is 0.532. The van der Waals surface area contributed by atoms with E-state index in [2.05, 4.69) is 26.0 Å². The lowest BCUT2D eigenvalue weighted by Crippen LogP contribution is -2.32. The second-order valence-electron chi connectivity index (χ2n) is 4.93. The average molecular weight is 178 g/mol. The monoisotopic (exact) mass is 178 g/mol. The van der Waals surface area contributed by atoms with Crippen LogP contribution in [0.4, 0.5) is 0 Å². The van der Waals surface area contributed by atoms with Crippen molar-refractivity contribution in [1.82, 2.24) is 0 Å². The Balaban J connectivity index is 2.13. The van der Waals surface area contributed by atoms with Crippen LogP contribution in [0.2, 0.25) is 0 Å². The molecule has 4 unspecified atom stereocenters. The highest BCUT2D eigenvalue weighted by atomic mass is 14.4. The molecule has 1 fully saturated rings. The van der Waals surface area contributed by atoms with Gasteiger partial charge in [-0.25, -0.2) is 0 Å². The Morgan fingerprint density at radius 3 is 2.69 bits per heavy atom. The summed E-state index contributed by atoms with van der Waals surface area (Å²) in [5, 5.41) is 0. The van der Waals surface area contributed by atoms with Gasteiger partial charge in [0, 0.05) is 0 Å². The van der Waals surface area contributed by atoms with Gasteiger partial charge in [-0.2, -0.15) is 0 Å². The number of hydrogen-bond acceptors (Lipinski definition) is 0. The van der Waals surface area contributed by atoms with E-state index in [-0.39, 0.29) is 0 Å². The van der Waals surface area contributed by atoms with Gasteiger partial charge in [-0.3, -0.25) is 0 Å². The van der Waals surface area contributed by atoms with Crippen LogP contribution in [0.25, 0.3) is 0 Å². The molecule has 2 rings (SSSR count). The van der Waals surface area contributed by atoms with Crippen molar-refractivity contribution in [3.63, 3.8) is 0 Å². The predicted octanol–water partition coefficient (Wildman–Crippen LogP) is 4.02. The molecule has 0 aromatic rings. The van der Waals surface area contributed by atoms with Crippen molar-refractivity contribution in [1.29, 1.82) is 0 Å². The van der Waals surface area contributed by atoms with Crippen LogP contribution in [0.5, 0.6) is 0 Å². The third-order valence-corrected chi connectivity index (χ3v) is 4.23. The SMILES string of the molecule is CCC1C(C)C=CC2CCCCC21. The first-order valence-corrected chi connectivity index (χ1v) is 6.01. The topological polar surface area (TPSA) is 0 Å². The molecule has 0 radical (unpaired) electrons. The lowest BCUT2D eigenvalue weighted by Gasteiger charge is -2.41. The summed E-state index contributed by atoms with van der Waals surface area (Å²) in [4.78, 5) is 0. The van der Waals surface area contributed by atoms with Crippen LogP contribution in [-0.2, 0) is 0 Å². The van der Waals surface area contributed by atoms with Gasteiger partial charge in [0.1, 0.15) is 0 Å². The van der Waals surface area contributed by atoms with Gasteiger partial charge in [-0.1, -0.05) is 45.3 Å². The zero-order valence-corrected chi connectivity index (χ0v) is 9.00. The van der Waals surface area contributed by atoms with Crippen molar-refractivity contribution in [2.45, 2.75) is 46.0 Å². The van der Waals surface area contributed by atoms with Crippen molar-refractivity contribution in [2.75, 3.05) is 0 Å². The molecular formula is C13H22. The van der Waals surface area contributed by atoms with E-state index >= 15 is 0 Å². The fraction of sp³-hybridized carbons (Fsp3) is 0.846. The summed E-state index contributed by atoms with van der Waals surface area (Å²) >= 11 is 0. The fourth-order valence-corrected chi connectivity index (χ4v) is 3.48. The Kier molecular flexibility index (Phi) is 2.76. The fourth-order valence-electron chi connectivity index (χ4n) is 3.48. The molecule has 0 aromatic carbocycles. The summed E-state index contributed by atoms with van der Waals surface area (Å²) in [7, 11) is 0. The lowest BCUT2D eigenvalue weighted by atomic mass is 9.64. The molecule has 0 aromatic heterocycles. The van der Waals surface area contributed by atoms with Crippen molar-refractivity contribution in [3.8, 4) is 0 Å². The maximum Gasteiger partial charge on any atom is -0.0202 e. The molecule has 0 spiro atoms. The van der Waals surface area contributed by atoms with Crippen molar-refractivity contribution < 1.29 is 0 Å². The molecule has 2 aliphatic rings. The molecule has 0 bridgehead atoms. The van der Waals surface area contributed by atoms with Crippen LogP contribution in [-0.4, -0.2) is 0 Å². The Bertz CT molecular complexity index is 192. The highest BCUT2D eigenvalue weighted by Crippen LogP contribution is 2.43. The van der Waals surface area contributed by atoms with Gasteiger partial charge in [0.15, 0.2) is 0 Å². The second kappa shape index (κ2) is 3.86. The van der Waals surface area contributed by atoms with E-state index < -0.39 is 0 Å². The van der Waals surface area contributed by atoms with E-state index in [9.17, 15) is 0 Å². The van der Waals surface area contributed by atoms with Crippen LogP contribution in [0, 0.1) is 23.7 Å². The van der Waals surface area contributed by atoms with Crippen molar-refractivity contribution in [3.05, 3.63) is 12.2 Å². The first-order chi connectivity index (χ1) is 6.33. The maximum absolute atomic E-state index is 2.51. The van der Waals surface area contributed by atoms with Gasteiger partial charge >= 0.3 is 0 Å². The van der Waals surface area contributed by atoms with E-state index in [0.29, 0.717) is 0 Å². The summed E-state index contributed by atoms with van der Waals surface area (Å²) in [6, 6.07) is 0. The van der Waals surface area contributed by atoms with E-state index in [0.717, 1.165) is 23.7 Å². The van der Waals surface area contributed by atoms with Gasteiger partial charge in [0.25, 0.3) is 0 Å². The first-order valence-electron chi connectivity index (χ1n) is 6.01. The molecule has 0 N–H and O–H groups in total. The van der Waals surface area contributed by atoms with E-state index in [1.165, 1.54) is 32.1 Å². The summed E-state index contributed by atoms with van der Waals surface area (Å²) in [6.45, 7) is 4.77. The Hall–Kier alpha value is -0.260. The summed E-state index contributed by atoms with van der Waals surface area (Å²) < 4.78 is 0. The molecule has 0 nitrogen and oxygen atoms in total. The molecule has 0 saturated heterocycles. The smallest absolute Gasteiger partial charge is 0.0202 e. The zero-order chi connectivity index (χ0) is 9.26. The molecule has 2 aliphatic carbocycles. The number of allylic oxidation sites excluding steroid dienone is 2. The van der Waals surface area contributed by atoms with Crippen LogP contribution in [0.1, 0.15) is 46.0 Å². The minimum absolute atomic E-state index is 0.837. The van der Waals surface area contributed by atoms with Crippen LogP contribution >= 0.6 is 0 Å². The minimum Gasteiger partial charge on any atom is -0.0851 e. The Morgan fingerprint density at radius 2 is 1.92 bits per heavy atom. The van der Waals surface area contributed by atoms with E-state index in [1.54, 1.807) is 0 Å². The highest BCUT2D eigenvalue weighted by molar-refractivity contribution is 5.04. The molecule has 4 atom stereocenters. The third-order valence-electron chi connectivity index (χ3n) is 4.23. The molecule has 13 heavy (non-hydrogen) atoms. The largest absolute Gasteiger partial charge is 0.0851 e. The molecular weight excluding hydrogens is 156 g/mol. The average Bonchev–Trinajstić information content (AvgIpc) is 2.18. The minimum atomic E-state index is 0.837. The van der Waals surface area contributed by atoms with Gasteiger partial charge < -0.3 is 0 Å². The molecule has 0 amide bonds. The van der Waals surface area contributed by atoms with Gasteiger partial charge in [0.05, 0.1) is 0 Å². The molecule has 0 aliphatic heterocycles. The molecule has 0 heteroatoms. The second-order valence-corrected chi connectivity index (χ2v) is 4.93. The van der Waals surface area contributed by atoms with Gasteiger partial charge in [-0.15, -0.1) is 0 Å². The van der Waals surface area contributed by atoms with Crippen molar-refractivity contribution in [2.24, 2.45) is 23.7 Å². The van der Waals surface area contributed by atoms with Crippen LogP contribution in [0.15, 0.2) is 12.2 Å². The number of hydrogen-bond donors (Lipinski definition) is 0. The summed E-state index contributed by atoms with van der Waals surface area (Å²) in [6.07, 6.45) is 12.3. The van der Waals surface area contributed by atoms with Crippen molar-refractivity contribution >= 4 is 0 Å². The Morgan fingerprint density at radius 1 is 1.15 bits per heavy atom. The molecule has 0 heterocycles. The van der Waals surface area contributed by atoms with Crippen LogP contribution < -0.4 is 0 Å². The predicted molar refractivity (Wildman–Crippen MR) is 57.5 cm³/mol. The molecule has 74 valence electrons. The molecule has 1 saturated carbocycles. The number of fused-ring (bicyclic) bond motifs is 1. The zero-order valence-electron chi connectivity index (χ0n) is 9.00. The summed E-state index contributed by atoms with van der Waals surface area (Å²) in [5.74, 6) is 3.79. The van der Waals surface area contributed by atoms with E-state index in [1.807, 2.05) is 0 Å². The normalized spacial score (nSPS) is 44.5.